The van der Waals surface area contributed by atoms with Crippen LogP contribution in [0, 0.1) is 0 Å². The predicted molar refractivity (Wildman–Crippen MR) is 70.1 cm³/mol. The van der Waals surface area contributed by atoms with Gasteiger partial charge in [-0.25, -0.2) is 4.79 Å². The monoisotopic (exact) mass is 257 g/mol. The molecule has 4 N–H and O–H groups in total. The van der Waals surface area contributed by atoms with Crippen LogP contribution in [-0.4, -0.2) is 16.2 Å². The molecule has 0 aromatic heterocycles. The standard InChI is InChI=1S/C13H11N3O3/c14-8-1-3-9(4-2-8)15-16-10-5-6-12(17)11(7-10)13(18)19/h1-7,17H,14H2,(H,18,19). The molecule has 0 heterocycles. The summed E-state index contributed by atoms with van der Waals surface area (Å²) in [7, 11) is 0. The van der Waals surface area contributed by atoms with Crippen molar-refractivity contribution in [2.24, 2.45) is 10.2 Å². The maximum Gasteiger partial charge on any atom is 0.339 e. The summed E-state index contributed by atoms with van der Waals surface area (Å²) in [5.41, 5.74) is 6.88. The van der Waals surface area contributed by atoms with Gasteiger partial charge >= 0.3 is 5.97 Å². The second-order valence-corrected chi connectivity index (χ2v) is 3.80. The fourth-order valence-corrected chi connectivity index (χ4v) is 1.41. The van der Waals surface area contributed by atoms with Crippen LogP contribution in [0.4, 0.5) is 17.1 Å². The maximum absolute atomic E-state index is 10.8. The van der Waals surface area contributed by atoms with Gasteiger partial charge in [0.2, 0.25) is 0 Å². The predicted octanol–water partition coefficient (Wildman–Crippen LogP) is 3.09. The number of hydrogen-bond donors (Lipinski definition) is 3. The van der Waals surface area contributed by atoms with Crippen LogP contribution in [-0.2, 0) is 0 Å². The second-order valence-electron chi connectivity index (χ2n) is 3.80. The Balaban J connectivity index is 2.26. The summed E-state index contributed by atoms with van der Waals surface area (Å²) in [4.78, 5) is 10.8. The summed E-state index contributed by atoms with van der Waals surface area (Å²) in [6.45, 7) is 0. The molecule has 2 aromatic rings. The van der Waals surface area contributed by atoms with Crippen LogP contribution in [0.1, 0.15) is 10.4 Å². The molecule has 0 radical (unpaired) electrons. The Morgan fingerprint density at radius 1 is 1.00 bits per heavy atom. The number of carbonyl (C=O) groups is 1. The molecule has 0 aliphatic heterocycles. The second kappa shape index (κ2) is 5.18. The van der Waals surface area contributed by atoms with Gasteiger partial charge < -0.3 is 15.9 Å². The first-order chi connectivity index (χ1) is 9.06. The number of aromatic hydroxyl groups is 1. The van der Waals surface area contributed by atoms with E-state index < -0.39 is 5.97 Å². The van der Waals surface area contributed by atoms with Gasteiger partial charge in [-0.05, 0) is 42.5 Å². The molecule has 0 bridgehead atoms. The number of phenols is 1. The van der Waals surface area contributed by atoms with Crippen LogP contribution in [0.2, 0.25) is 0 Å². The molecular weight excluding hydrogens is 246 g/mol. The van der Waals surface area contributed by atoms with Crippen LogP contribution in [0.25, 0.3) is 0 Å². The van der Waals surface area contributed by atoms with Crippen molar-refractivity contribution < 1.29 is 15.0 Å². The van der Waals surface area contributed by atoms with Gasteiger partial charge in [-0.1, -0.05) is 0 Å². The van der Waals surface area contributed by atoms with Crippen LogP contribution >= 0.6 is 0 Å². The molecule has 0 aliphatic carbocycles. The number of nitrogens with zero attached hydrogens (tertiary/aromatic N) is 2. The van der Waals surface area contributed by atoms with Gasteiger partial charge in [-0.15, -0.1) is 0 Å². The Bertz CT molecular complexity index is 636. The maximum atomic E-state index is 10.8. The van der Waals surface area contributed by atoms with E-state index in [1.807, 2.05) is 0 Å². The summed E-state index contributed by atoms with van der Waals surface area (Å²) in [6.07, 6.45) is 0. The van der Waals surface area contributed by atoms with Gasteiger partial charge in [0, 0.05) is 5.69 Å². The highest BCUT2D eigenvalue weighted by molar-refractivity contribution is 5.91. The van der Waals surface area contributed by atoms with Crippen molar-refractivity contribution in [3.63, 3.8) is 0 Å². The van der Waals surface area contributed by atoms with E-state index in [9.17, 15) is 9.90 Å². The van der Waals surface area contributed by atoms with Crippen LogP contribution < -0.4 is 5.73 Å². The van der Waals surface area contributed by atoms with E-state index in [0.717, 1.165) is 0 Å². The Hall–Kier alpha value is -2.89. The summed E-state index contributed by atoms with van der Waals surface area (Å²) in [6, 6.07) is 10.7. The van der Waals surface area contributed by atoms with Gasteiger partial charge in [-0.3, -0.25) is 0 Å². The first kappa shape index (κ1) is 12.6. The lowest BCUT2D eigenvalue weighted by atomic mass is 10.2. The Morgan fingerprint density at radius 3 is 2.21 bits per heavy atom. The number of rotatable bonds is 3. The normalized spacial score (nSPS) is 10.7. The topological polar surface area (TPSA) is 108 Å². The minimum atomic E-state index is -1.22. The molecule has 0 unspecified atom stereocenters. The number of anilines is 1. The van der Waals surface area contributed by atoms with E-state index >= 15 is 0 Å². The van der Waals surface area contributed by atoms with Crippen molar-refractivity contribution in [1.82, 2.24) is 0 Å². The molecule has 6 nitrogen and oxygen atoms in total. The fourth-order valence-electron chi connectivity index (χ4n) is 1.41. The quantitative estimate of drug-likeness (QED) is 0.579. The van der Waals surface area contributed by atoms with Gasteiger partial charge in [0.05, 0.1) is 11.4 Å². The van der Waals surface area contributed by atoms with Crippen molar-refractivity contribution in [2.75, 3.05) is 5.73 Å². The molecule has 6 heteroatoms. The first-order valence-corrected chi connectivity index (χ1v) is 5.40. The number of aromatic carboxylic acids is 1. The van der Waals surface area contributed by atoms with E-state index in [4.69, 9.17) is 10.8 Å². The molecule has 0 saturated carbocycles. The number of carboxylic acids is 1. The molecule has 2 rings (SSSR count). The molecule has 0 saturated heterocycles. The third-order valence-corrected chi connectivity index (χ3v) is 2.38. The highest BCUT2D eigenvalue weighted by atomic mass is 16.4. The highest BCUT2D eigenvalue weighted by Crippen LogP contribution is 2.25. The van der Waals surface area contributed by atoms with Gasteiger partial charge in [0.25, 0.3) is 0 Å². The molecule has 0 atom stereocenters. The van der Waals surface area contributed by atoms with Crippen molar-refractivity contribution >= 4 is 23.0 Å². The lowest BCUT2D eigenvalue weighted by Gasteiger charge is -2.00. The zero-order valence-electron chi connectivity index (χ0n) is 9.82. The zero-order valence-corrected chi connectivity index (χ0v) is 9.82. The third-order valence-electron chi connectivity index (χ3n) is 2.38. The van der Waals surface area contributed by atoms with Gasteiger partial charge in [-0.2, -0.15) is 10.2 Å². The SMILES string of the molecule is Nc1ccc(N=Nc2ccc(O)c(C(=O)O)c2)cc1. The van der Waals surface area contributed by atoms with E-state index in [0.29, 0.717) is 17.1 Å². The Kier molecular flexibility index (Phi) is 3.42. The molecule has 0 fully saturated rings. The summed E-state index contributed by atoms with van der Waals surface area (Å²) >= 11 is 0. The van der Waals surface area contributed by atoms with Crippen molar-refractivity contribution in [3.05, 3.63) is 48.0 Å². The summed E-state index contributed by atoms with van der Waals surface area (Å²) in [5.74, 6) is -1.53. The summed E-state index contributed by atoms with van der Waals surface area (Å²) in [5, 5.41) is 26.1. The number of nitrogen functional groups attached to an aromatic ring is 1. The average molecular weight is 257 g/mol. The van der Waals surface area contributed by atoms with Gasteiger partial charge in [0.1, 0.15) is 11.3 Å². The zero-order chi connectivity index (χ0) is 13.8. The highest BCUT2D eigenvalue weighted by Gasteiger charge is 2.09. The largest absolute Gasteiger partial charge is 0.507 e. The minimum Gasteiger partial charge on any atom is -0.507 e. The smallest absolute Gasteiger partial charge is 0.339 e. The van der Waals surface area contributed by atoms with Crippen LogP contribution in [0.3, 0.4) is 0 Å². The lowest BCUT2D eigenvalue weighted by molar-refractivity contribution is 0.0694. The van der Waals surface area contributed by atoms with E-state index in [-0.39, 0.29) is 11.3 Å². The molecule has 0 aliphatic rings. The molecule has 0 spiro atoms. The van der Waals surface area contributed by atoms with E-state index in [1.165, 1.54) is 18.2 Å². The van der Waals surface area contributed by atoms with Crippen molar-refractivity contribution in [2.45, 2.75) is 0 Å². The minimum absolute atomic E-state index is 0.214. The molecule has 96 valence electrons. The van der Waals surface area contributed by atoms with Crippen molar-refractivity contribution in [3.8, 4) is 5.75 Å². The number of benzene rings is 2. The molecule has 19 heavy (non-hydrogen) atoms. The Labute approximate surface area is 108 Å². The van der Waals surface area contributed by atoms with Crippen LogP contribution in [0.15, 0.2) is 52.7 Å². The Morgan fingerprint density at radius 2 is 1.58 bits per heavy atom. The van der Waals surface area contributed by atoms with Crippen LogP contribution in [0.5, 0.6) is 5.75 Å². The number of carboxylic acid groups (broad SMARTS) is 1. The van der Waals surface area contributed by atoms with E-state index in [2.05, 4.69) is 10.2 Å². The third kappa shape index (κ3) is 3.06. The number of nitrogens with two attached hydrogens (primary N) is 1. The number of hydrogen-bond acceptors (Lipinski definition) is 5. The first-order valence-electron chi connectivity index (χ1n) is 5.40. The molecule has 2 aromatic carbocycles. The van der Waals surface area contributed by atoms with Crippen molar-refractivity contribution in [1.29, 1.82) is 0 Å². The lowest BCUT2D eigenvalue weighted by Crippen LogP contribution is -1.95. The average Bonchev–Trinajstić information content (AvgIpc) is 2.39. The summed E-state index contributed by atoms with van der Waals surface area (Å²) < 4.78 is 0. The molecular formula is C13H11N3O3. The number of azo groups is 1. The van der Waals surface area contributed by atoms with E-state index in [1.54, 1.807) is 24.3 Å². The fraction of sp³-hybridized carbons (Fsp3) is 0. The van der Waals surface area contributed by atoms with Gasteiger partial charge in [0.15, 0.2) is 0 Å². The molecule has 0 amide bonds.